The summed E-state index contributed by atoms with van der Waals surface area (Å²) in [4.78, 5) is 58.1. The van der Waals surface area contributed by atoms with E-state index in [1.165, 1.54) is 45.3 Å². The first-order chi connectivity index (χ1) is 26.0. The molecule has 0 aliphatic rings. The molecule has 54 heavy (non-hydrogen) atoms. The molecule has 0 spiro atoms. The quantitative estimate of drug-likeness (QED) is 0.122. The zero-order valence-electron chi connectivity index (χ0n) is 28.0. The lowest BCUT2D eigenvalue weighted by Crippen LogP contribution is -2.13. The number of para-hydroxylation sites is 1. The molecule has 0 fully saturated rings. The summed E-state index contributed by atoms with van der Waals surface area (Å²) in [6.07, 6.45) is 0.0458. The van der Waals surface area contributed by atoms with Crippen LogP contribution in [0.5, 0.6) is 0 Å². The van der Waals surface area contributed by atoms with Crippen molar-refractivity contribution in [3.63, 3.8) is 0 Å². The lowest BCUT2D eigenvalue weighted by Gasteiger charge is -2.05. The molecule has 0 aliphatic heterocycles. The predicted octanol–water partition coefficient (Wildman–Crippen LogP) is 11.1. The van der Waals surface area contributed by atoms with Crippen molar-refractivity contribution in [2.75, 3.05) is 5.32 Å². The van der Waals surface area contributed by atoms with Gasteiger partial charge in [-0.15, -0.1) is 45.3 Å². The highest BCUT2D eigenvalue weighted by Crippen LogP contribution is 2.37. The number of thiazole rings is 2. The molecule has 268 valence electrons. The Labute approximate surface area is 328 Å². The zero-order valence-corrected chi connectivity index (χ0v) is 32.1. The molecule has 8 aromatic rings. The molecule has 0 saturated heterocycles. The van der Waals surface area contributed by atoms with Gasteiger partial charge in [0.15, 0.2) is 10.8 Å². The number of carbonyl (C=O) groups is 4. The van der Waals surface area contributed by atoms with Crippen LogP contribution in [0.1, 0.15) is 51.3 Å². The molecule has 3 N–H and O–H groups in total. The van der Waals surface area contributed by atoms with Crippen LogP contribution in [0.25, 0.3) is 42.7 Å². The molecule has 14 heteroatoms. The lowest BCUT2D eigenvalue weighted by molar-refractivity contribution is 0.0687. The van der Waals surface area contributed by atoms with E-state index in [1.54, 1.807) is 46.6 Å². The van der Waals surface area contributed by atoms with Crippen molar-refractivity contribution in [1.82, 2.24) is 9.97 Å². The highest BCUT2D eigenvalue weighted by molar-refractivity contribution is 7.20. The van der Waals surface area contributed by atoms with Gasteiger partial charge in [0.1, 0.15) is 10.6 Å². The second kappa shape index (κ2) is 15.8. The minimum atomic E-state index is -1.08. The van der Waals surface area contributed by atoms with E-state index in [1.807, 2.05) is 67.6 Å². The number of carbonyl (C=O) groups excluding carboxylic acids is 2. The monoisotopic (exact) mass is 807 g/mol. The number of hydrogen-bond donors (Lipinski definition) is 3. The van der Waals surface area contributed by atoms with Crippen LogP contribution < -0.4 is 5.32 Å². The number of fused-ring (bicyclic) bond motifs is 2. The normalized spacial score (nSPS) is 10.9. The Kier molecular flexibility index (Phi) is 10.8. The van der Waals surface area contributed by atoms with Crippen molar-refractivity contribution in [2.24, 2.45) is 0 Å². The van der Waals surface area contributed by atoms with E-state index in [0.29, 0.717) is 36.6 Å². The molecular weight excluding hydrogens is 782 g/mol. The van der Waals surface area contributed by atoms with E-state index < -0.39 is 17.8 Å². The number of carboxylic acid groups (broad SMARTS) is 2. The van der Waals surface area contributed by atoms with Crippen LogP contribution in [0.3, 0.4) is 0 Å². The first-order valence-corrected chi connectivity index (χ1v) is 19.9. The van der Waals surface area contributed by atoms with Crippen LogP contribution in [0.2, 0.25) is 5.02 Å². The van der Waals surface area contributed by atoms with Gasteiger partial charge in [-0.25, -0.2) is 19.6 Å². The summed E-state index contributed by atoms with van der Waals surface area (Å²) in [5.74, 6) is -2.64. The van der Waals surface area contributed by atoms with Crippen molar-refractivity contribution in [2.45, 2.75) is 13.3 Å². The molecule has 9 nitrogen and oxygen atoms in total. The fourth-order valence-electron chi connectivity index (χ4n) is 5.61. The van der Waals surface area contributed by atoms with E-state index in [2.05, 4.69) is 15.3 Å². The van der Waals surface area contributed by atoms with Crippen molar-refractivity contribution < 1.29 is 29.4 Å². The number of thiophene rings is 2. The van der Waals surface area contributed by atoms with Crippen LogP contribution in [-0.4, -0.2) is 43.8 Å². The maximum atomic E-state index is 12.7. The Morgan fingerprint density at radius 3 is 2.11 bits per heavy atom. The number of nitrogens with one attached hydrogen (secondary N) is 1. The Morgan fingerprint density at radius 2 is 1.41 bits per heavy atom. The Hall–Kier alpha value is -5.57. The molecule has 4 heterocycles. The molecule has 0 saturated carbocycles. The van der Waals surface area contributed by atoms with E-state index in [-0.39, 0.29) is 23.3 Å². The fraction of sp³-hybridized carbons (Fsp3) is 0.0500. The average molecular weight is 808 g/mol. The number of aromatic carboxylic acids is 2. The summed E-state index contributed by atoms with van der Waals surface area (Å²) in [6.45, 7) is 1.97. The standard InChI is InChI=1S/C20H12ClNO3S2.C20H14N2O3S2/c21-13-4-1-11(2-5-13)14-9-26-18(19(14)20(24)25)8-16(23)12-3-6-15-17(7-12)27-10-22-15;1-11-6-8-12(9-7-11)13-10-26-18(16(13)20(24)25)22-17(23)19-21-14-4-2-3-5-15(14)27-19/h1-7,9-10H,8H2,(H,24,25);2-10H,1H3,(H,22,23)(H,24,25). The second-order valence-electron chi connectivity index (χ2n) is 11.9. The van der Waals surface area contributed by atoms with Gasteiger partial charge in [-0.05, 0) is 65.9 Å². The zero-order chi connectivity index (χ0) is 37.9. The van der Waals surface area contributed by atoms with Crippen molar-refractivity contribution in [1.29, 1.82) is 0 Å². The number of amides is 1. The summed E-state index contributed by atoms with van der Waals surface area (Å²) >= 11 is 11.1. The van der Waals surface area contributed by atoms with Crippen LogP contribution in [-0.2, 0) is 6.42 Å². The average Bonchev–Trinajstić information content (AvgIpc) is 3.98. The van der Waals surface area contributed by atoms with Gasteiger partial charge in [-0.2, -0.15) is 0 Å². The first-order valence-electron chi connectivity index (χ1n) is 16.1. The Balaban J connectivity index is 0.000000167. The van der Waals surface area contributed by atoms with Crippen LogP contribution in [0, 0.1) is 6.92 Å². The molecule has 0 bridgehead atoms. The molecule has 0 aliphatic carbocycles. The summed E-state index contributed by atoms with van der Waals surface area (Å²) < 4.78 is 1.85. The van der Waals surface area contributed by atoms with Crippen molar-refractivity contribution in [3.8, 4) is 22.3 Å². The molecular formula is C40H26ClN3O6S4. The number of anilines is 1. The van der Waals surface area contributed by atoms with Crippen molar-refractivity contribution in [3.05, 3.63) is 144 Å². The number of Topliss-reactive ketones (excluding diaryl/α,β-unsaturated/α-hetero) is 1. The summed E-state index contributed by atoms with van der Waals surface area (Å²) in [5, 5.41) is 26.8. The van der Waals surface area contributed by atoms with Gasteiger partial charge < -0.3 is 15.5 Å². The third kappa shape index (κ3) is 7.86. The maximum Gasteiger partial charge on any atom is 0.339 e. The van der Waals surface area contributed by atoms with Crippen molar-refractivity contribution >= 4 is 106 Å². The molecule has 0 unspecified atom stereocenters. The van der Waals surface area contributed by atoms with E-state index in [9.17, 15) is 29.4 Å². The molecule has 8 rings (SSSR count). The molecule has 4 aromatic carbocycles. The third-order valence-electron chi connectivity index (χ3n) is 8.29. The number of nitrogens with zero attached hydrogens (tertiary/aromatic N) is 2. The van der Waals surface area contributed by atoms with Gasteiger partial charge in [0.25, 0.3) is 5.91 Å². The summed E-state index contributed by atoms with van der Waals surface area (Å²) in [7, 11) is 0. The second-order valence-corrected chi connectivity index (χ2v) is 16.1. The lowest BCUT2D eigenvalue weighted by atomic mass is 10.00. The number of aryl methyl sites for hydroxylation is 1. The number of halogens is 1. The Bertz CT molecular complexity index is 2550. The highest BCUT2D eigenvalue weighted by atomic mass is 35.5. The van der Waals surface area contributed by atoms with Gasteiger partial charge in [0.2, 0.25) is 0 Å². The smallest absolute Gasteiger partial charge is 0.339 e. The van der Waals surface area contributed by atoms with E-state index >= 15 is 0 Å². The van der Waals surface area contributed by atoms with Gasteiger partial charge in [0, 0.05) is 38.4 Å². The van der Waals surface area contributed by atoms with Crippen LogP contribution in [0.15, 0.2) is 107 Å². The minimum absolute atomic E-state index is 0.0458. The molecule has 0 radical (unpaired) electrons. The van der Waals surface area contributed by atoms with Gasteiger partial charge >= 0.3 is 11.9 Å². The van der Waals surface area contributed by atoms with Gasteiger partial charge in [-0.3, -0.25) is 9.59 Å². The third-order valence-corrected chi connectivity index (χ3v) is 12.3. The number of benzene rings is 4. The molecule has 1 amide bonds. The highest BCUT2D eigenvalue weighted by Gasteiger charge is 2.24. The minimum Gasteiger partial charge on any atom is -0.478 e. The molecule has 0 atom stereocenters. The van der Waals surface area contributed by atoms with Crippen LogP contribution >= 0.6 is 56.9 Å². The topological polar surface area (TPSA) is 147 Å². The summed E-state index contributed by atoms with van der Waals surface area (Å²) in [6, 6.07) is 27.4. The van der Waals surface area contributed by atoms with Gasteiger partial charge in [-0.1, -0.05) is 65.7 Å². The predicted molar refractivity (Wildman–Crippen MR) is 218 cm³/mol. The van der Waals surface area contributed by atoms with E-state index in [4.69, 9.17) is 11.6 Å². The van der Waals surface area contributed by atoms with Crippen LogP contribution in [0.4, 0.5) is 5.00 Å². The number of rotatable bonds is 9. The number of carboxylic acids is 2. The SMILES string of the molecule is Cc1ccc(-c2csc(NC(=O)c3nc4ccccc4s3)c2C(=O)O)cc1.O=C(Cc1scc(-c2ccc(Cl)cc2)c1C(=O)O)c1ccc2ncsc2c1. The Morgan fingerprint density at radius 1 is 0.741 bits per heavy atom. The first kappa shape index (κ1) is 36.8. The van der Waals surface area contributed by atoms with Gasteiger partial charge in [0.05, 0.1) is 31.5 Å². The maximum absolute atomic E-state index is 12.7. The number of hydrogen-bond acceptors (Lipinski definition) is 10. The fourth-order valence-corrected chi connectivity index (χ4v) is 9.32. The van der Waals surface area contributed by atoms with E-state index in [0.717, 1.165) is 37.1 Å². The largest absolute Gasteiger partial charge is 0.478 e. The molecule has 4 aromatic heterocycles. The number of ketones is 1. The summed E-state index contributed by atoms with van der Waals surface area (Å²) in [5.41, 5.74) is 8.01. The number of aromatic nitrogens is 2.